The van der Waals surface area contributed by atoms with Gasteiger partial charge in [-0.3, -0.25) is 0 Å². The molecule has 5 rings (SSSR count). The molecule has 1 N–H and O–H groups in total. The van der Waals surface area contributed by atoms with Crippen molar-refractivity contribution in [3.63, 3.8) is 0 Å². The number of benzene rings is 3. The summed E-state index contributed by atoms with van der Waals surface area (Å²) in [5.74, 6) is 1.37. The van der Waals surface area contributed by atoms with Gasteiger partial charge in [-0.05, 0) is 60.2 Å². The van der Waals surface area contributed by atoms with Crippen molar-refractivity contribution < 1.29 is 14.6 Å². The molecular weight excluding hydrogens is 459 g/mol. The number of nitrogens with zero attached hydrogens (tertiary/aromatic N) is 2. The molecule has 2 aliphatic rings. The van der Waals surface area contributed by atoms with E-state index in [1.54, 1.807) is 31.4 Å². The number of rotatable bonds is 3. The second-order valence-corrected chi connectivity index (χ2v) is 8.63. The zero-order valence-corrected chi connectivity index (χ0v) is 18.6. The Morgan fingerprint density at radius 3 is 2.48 bits per heavy atom. The van der Waals surface area contributed by atoms with Crippen LogP contribution < -0.4 is 9.47 Å². The van der Waals surface area contributed by atoms with Gasteiger partial charge in [0.2, 0.25) is 6.23 Å². The first-order valence-electron chi connectivity index (χ1n) is 9.59. The van der Waals surface area contributed by atoms with E-state index in [1.807, 2.05) is 35.3 Å². The largest absolute Gasteiger partial charge is 0.507 e. The molecule has 0 fully saturated rings. The molecule has 2 heterocycles. The zero-order chi connectivity index (χ0) is 21.7. The summed E-state index contributed by atoms with van der Waals surface area (Å²) in [6.45, 7) is 0. The van der Waals surface area contributed by atoms with Crippen molar-refractivity contribution in [1.82, 2.24) is 5.01 Å². The molecule has 0 unspecified atom stereocenters. The van der Waals surface area contributed by atoms with Gasteiger partial charge in [0.25, 0.3) is 0 Å². The summed E-state index contributed by atoms with van der Waals surface area (Å²) in [5.41, 5.74) is 3.21. The van der Waals surface area contributed by atoms with Crippen LogP contribution in [0.4, 0.5) is 0 Å². The Kier molecular flexibility index (Phi) is 5.13. The number of aromatic hydroxyl groups is 1. The maximum absolute atomic E-state index is 10.5. The van der Waals surface area contributed by atoms with Gasteiger partial charge in [-0.15, -0.1) is 0 Å². The van der Waals surface area contributed by atoms with Gasteiger partial charge in [0.1, 0.15) is 17.2 Å². The molecule has 2 atom stereocenters. The fourth-order valence-electron chi connectivity index (χ4n) is 4.00. The topological polar surface area (TPSA) is 54.3 Å². The highest BCUT2D eigenvalue weighted by atomic mass is 35.5. The van der Waals surface area contributed by atoms with E-state index < -0.39 is 6.23 Å². The summed E-state index contributed by atoms with van der Waals surface area (Å²) >= 11 is 19.0. The van der Waals surface area contributed by atoms with Crippen LogP contribution in [-0.2, 0) is 0 Å². The molecule has 0 radical (unpaired) electrons. The van der Waals surface area contributed by atoms with Crippen LogP contribution in [0.5, 0.6) is 17.2 Å². The summed E-state index contributed by atoms with van der Waals surface area (Å²) in [7, 11) is 1.63. The van der Waals surface area contributed by atoms with E-state index in [9.17, 15) is 5.11 Å². The molecule has 158 valence electrons. The van der Waals surface area contributed by atoms with E-state index >= 15 is 0 Å². The minimum Gasteiger partial charge on any atom is -0.507 e. The molecule has 0 spiro atoms. The summed E-state index contributed by atoms with van der Waals surface area (Å²) in [6, 6.07) is 15.9. The number of hydrazone groups is 1. The second kappa shape index (κ2) is 7.83. The molecule has 3 aromatic rings. The minimum absolute atomic E-state index is 0.0646. The molecule has 8 heteroatoms. The quantitative estimate of drug-likeness (QED) is 0.463. The van der Waals surface area contributed by atoms with Crippen LogP contribution in [0, 0.1) is 0 Å². The van der Waals surface area contributed by atoms with Crippen molar-refractivity contribution in [2.24, 2.45) is 5.10 Å². The standard InChI is InChI=1S/C23H17Cl3N2O3/c1-30-15-5-2-12(3-6-15)19-11-20-16-9-14(25)10-18(26)22(16)31-23(28(20)27-19)17-8-13(24)4-7-21(17)29/h2-10,20,23,29H,11H2,1H3/t20-,23-/m1/s1. The lowest BCUT2D eigenvalue weighted by molar-refractivity contribution is -0.0202. The van der Waals surface area contributed by atoms with Crippen LogP contribution in [0.1, 0.15) is 35.4 Å². The van der Waals surface area contributed by atoms with Crippen molar-refractivity contribution in [3.05, 3.63) is 86.4 Å². The van der Waals surface area contributed by atoms with Crippen molar-refractivity contribution in [2.45, 2.75) is 18.7 Å². The maximum atomic E-state index is 10.5. The van der Waals surface area contributed by atoms with Crippen LogP contribution in [0.15, 0.2) is 59.7 Å². The Bertz CT molecular complexity index is 1200. The third-order valence-electron chi connectivity index (χ3n) is 5.49. The van der Waals surface area contributed by atoms with Gasteiger partial charge in [0, 0.05) is 22.0 Å². The van der Waals surface area contributed by atoms with Gasteiger partial charge < -0.3 is 14.6 Å². The molecule has 0 saturated heterocycles. The molecule has 0 amide bonds. The highest BCUT2D eigenvalue weighted by Crippen LogP contribution is 2.52. The molecular formula is C23H17Cl3N2O3. The minimum atomic E-state index is -0.703. The molecule has 0 aromatic heterocycles. The third-order valence-corrected chi connectivity index (χ3v) is 6.22. The lowest BCUT2D eigenvalue weighted by atomic mass is 9.95. The van der Waals surface area contributed by atoms with Gasteiger partial charge in [0.05, 0.1) is 29.4 Å². The highest BCUT2D eigenvalue weighted by Gasteiger charge is 2.43. The van der Waals surface area contributed by atoms with Crippen LogP contribution >= 0.6 is 34.8 Å². The smallest absolute Gasteiger partial charge is 0.217 e. The van der Waals surface area contributed by atoms with Crippen LogP contribution in [0.2, 0.25) is 15.1 Å². The highest BCUT2D eigenvalue weighted by molar-refractivity contribution is 6.35. The Labute approximate surface area is 194 Å². The number of phenolic OH excluding ortho intramolecular Hbond substituents is 1. The monoisotopic (exact) mass is 474 g/mol. The van der Waals surface area contributed by atoms with E-state index in [0.29, 0.717) is 32.8 Å². The fourth-order valence-corrected chi connectivity index (χ4v) is 4.74. The van der Waals surface area contributed by atoms with Crippen molar-refractivity contribution in [2.75, 3.05) is 7.11 Å². The summed E-state index contributed by atoms with van der Waals surface area (Å²) in [6.07, 6.45) is -0.0809. The molecule has 0 aliphatic carbocycles. The van der Waals surface area contributed by atoms with Gasteiger partial charge in [-0.1, -0.05) is 34.8 Å². The second-order valence-electron chi connectivity index (χ2n) is 7.35. The summed E-state index contributed by atoms with van der Waals surface area (Å²) < 4.78 is 11.5. The van der Waals surface area contributed by atoms with Crippen LogP contribution in [0.25, 0.3) is 0 Å². The number of fused-ring (bicyclic) bond motifs is 3. The van der Waals surface area contributed by atoms with E-state index in [0.717, 1.165) is 22.6 Å². The van der Waals surface area contributed by atoms with Gasteiger partial charge >= 0.3 is 0 Å². The van der Waals surface area contributed by atoms with Gasteiger partial charge in [0.15, 0.2) is 0 Å². The number of methoxy groups -OCH3 is 1. The van der Waals surface area contributed by atoms with E-state index in [4.69, 9.17) is 49.4 Å². The normalized spacial score (nSPS) is 19.4. The average molecular weight is 476 g/mol. The Morgan fingerprint density at radius 2 is 1.74 bits per heavy atom. The number of ether oxygens (including phenoxy) is 2. The first-order chi connectivity index (χ1) is 14.9. The lowest BCUT2D eigenvalue weighted by Gasteiger charge is -2.38. The zero-order valence-electron chi connectivity index (χ0n) is 16.3. The molecule has 3 aromatic carbocycles. The number of hydrogen-bond donors (Lipinski definition) is 1. The SMILES string of the molecule is COc1ccc(C2=NN3[C@H](C2)c2cc(Cl)cc(Cl)c2O[C@@H]3c2cc(Cl)ccc2O)cc1. The van der Waals surface area contributed by atoms with Gasteiger partial charge in [-0.25, -0.2) is 5.01 Å². The van der Waals surface area contributed by atoms with E-state index in [-0.39, 0.29) is 11.8 Å². The molecule has 5 nitrogen and oxygen atoms in total. The number of phenols is 1. The van der Waals surface area contributed by atoms with Crippen molar-refractivity contribution in [1.29, 1.82) is 0 Å². The first kappa shape index (κ1) is 20.3. The maximum Gasteiger partial charge on any atom is 0.217 e. The van der Waals surface area contributed by atoms with Crippen molar-refractivity contribution >= 4 is 40.5 Å². The van der Waals surface area contributed by atoms with Crippen molar-refractivity contribution in [3.8, 4) is 17.2 Å². The molecule has 0 saturated carbocycles. The van der Waals surface area contributed by atoms with Crippen LogP contribution in [-0.4, -0.2) is 22.9 Å². The first-order valence-corrected chi connectivity index (χ1v) is 10.7. The molecule has 31 heavy (non-hydrogen) atoms. The third kappa shape index (κ3) is 3.57. The summed E-state index contributed by atoms with van der Waals surface area (Å²) in [4.78, 5) is 0. The lowest BCUT2D eigenvalue weighted by Crippen LogP contribution is -2.34. The van der Waals surface area contributed by atoms with Crippen LogP contribution in [0.3, 0.4) is 0 Å². The molecule has 2 aliphatic heterocycles. The number of hydrogen-bond acceptors (Lipinski definition) is 5. The van der Waals surface area contributed by atoms with Gasteiger partial charge in [-0.2, -0.15) is 5.10 Å². The number of halogens is 3. The molecule has 0 bridgehead atoms. The Morgan fingerprint density at radius 1 is 1.00 bits per heavy atom. The summed E-state index contributed by atoms with van der Waals surface area (Å²) in [5, 5.41) is 18.6. The predicted molar refractivity (Wildman–Crippen MR) is 122 cm³/mol. The Balaban J connectivity index is 1.63. The van der Waals surface area contributed by atoms with E-state index in [1.165, 1.54) is 0 Å². The fraction of sp³-hybridized carbons (Fsp3) is 0.174. The van der Waals surface area contributed by atoms with E-state index in [2.05, 4.69) is 0 Å². The Hall–Kier alpha value is -2.60. The predicted octanol–water partition coefficient (Wildman–Crippen LogP) is 6.60. The average Bonchev–Trinajstić information content (AvgIpc) is 3.21.